The third-order valence-electron chi connectivity index (χ3n) is 5.35. The molecule has 1 heterocycles. The topological polar surface area (TPSA) is 84.2 Å². The van der Waals surface area contributed by atoms with Crippen molar-refractivity contribution >= 4 is 69.3 Å². The molecule has 0 spiro atoms. The maximum Gasteiger partial charge on any atom is 0.257 e. The molecule has 1 aromatic heterocycles. The highest BCUT2D eigenvalue weighted by Crippen LogP contribution is 2.27. The zero-order valence-electron chi connectivity index (χ0n) is 19.2. The van der Waals surface area contributed by atoms with Crippen LogP contribution in [0.25, 0.3) is 22.6 Å². The number of anilines is 2. The Hall–Kier alpha value is -3.78. The Morgan fingerprint density at radius 3 is 2.43 bits per heavy atom. The molecule has 0 aliphatic rings. The zero-order valence-corrected chi connectivity index (χ0v) is 21.5. The Balaban J connectivity index is 1.16. The summed E-state index contributed by atoms with van der Waals surface area (Å²) in [5, 5.41) is 6.44. The minimum absolute atomic E-state index is 0.151. The third kappa shape index (κ3) is 6.14. The lowest BCUT2D eigenvalue weighted by Crippen LogP contribution is -2.14. The van der Waals surface area contributed by atoms with Gasteiger partial charge in [-0.1, -0.05) is 41.4 Å². The molecule has 6 nitrogen and oxygen atoms in total. The van der Waals surface area contributed by atoms with Crippen LogP contribution in [0.5, 0.6) is 0 Å². The first-order chi connectivity index (χ1) is 17.9. The first-order valence-corrected chi connectivity index (χ1v) is 12.9. The summed E-state index contributed by atoms with van der Waals surface area (Å²) in [5.74, 6) is 0.234. The van der Waals surface area contributed by atoms with Crippen LogP contribution in [0.2, 0.25) is 10.0 Å². The van der Waals surface area contributed by atoms with E-state index in [-0.39, 0.29) is 22.6 Å². The summed E-state index contributed by atoms with van der Waals surface area (Å²) >= 11 is 13.4. The second kappa shape index (κ2) is 11.1. The van der Waals surface area contributed by atoms with Gasteiger partial charge in [0.1, 0.15) is 5.52 Å². The van der Waals surface area contributed by atoms with E-state index < -0.39 is 0 Å². The van der Waals surface area contributed by atoms with Crippen LogP contribution in [0, 0.1) is 0 Å². The van der Waals surface area contributed by atoms with Gasteiger partial charge < -0.3 is 15.1 Å². The van der Waals surface area contributed by atoms with Crippen molar-refractivity contribution in [1.82, 2.24) is 4.98 Å². The molecule has 4 aromatic carbocycles. The Morgan fingerprint density at radius 1 is 0.838 bits per heavy atom. The van der Waals surface area contributed by atoms with Gasteiger partial charge in [-0.3, -0.25) is 9.59 Å². The number of halogens is 2. The quantitative estimate of drug-likeness (QED) is 0.203. The zero-order chi connectivity index (χ0) is 25.8. The molecule has 0 aliphatic carbocycles. The van der Waals surface area contributed by atoms with Crippen LogP contribution in [-0.4, -0.2) is 22.6 Å². The van der Waals surface area contributed by atoms with Gasteiger partial charge in [0.25, 0.3) is 5.91 Å². The number of hydrogen-bond acceptors (Lipinski definition) is 5. The summed E-state index contributed by atoms with van der Waals surface area (Å²) in [6.07, 6.45) is 0. The number of oxazole rings is 1. The molecule has 37 heavy (non-hydrogen) atoms. The number of rotatable bonds is 7. The lowest BCUT2D eigenvalue weighted by Gasteiger charge is -2.09. The van der Waals surface area contributed by atoms with Gasteiger partial charge in [0.05, 0.1) is 16.3 Å². The molecule has 5 rings (SSSR count). The molecular weight excluding hydrogens is 529 g/mol. The van der Waals surface area contributed by atoms with Gasteiger partial charge in [-0.05, 0) is 72.8 Å². The van der Waals surface area contributed by atoms with Gasteiger partial charge in [0.2, 0.25) is 11.8 Å². The number of nitrogens with zero attached hydrogens (tertiary/aromatic N) is 1. The first-order valence-electron chi connectivity index (χ1n) is 11.2. The van der Waals surface area contributed by atoms with E-state index >= 15 is 0 Å². The van der Waals surface area contributed by atoms with Crippen LogP contribution in [0.4, 0.5) is 11.4 Å². The number of carbonyl (C=O) groups is 2. The third-order valence-corrected chi connectivity index (χ3v) is 6.89. The highest BCUT2D eigenvalue weighted by molar-refractivity contribution is 8.00. The van der Waals surface area contributed by atoms with Gasteiger partial charge >= 0.3 is 0 Å². The minimum Gasteiger partial charge on any atom is -0.436 e. The second-order valence-corrected chi connectivity index (χ2v) is 9.90. The molecule has 0 radical (unpaired) electrons. The average Bonchev–Trinajstić information content (AvgIpc) is 3.32. The number of fused-ring (bicyclic) bond motifs is 1. The fraction of sp³-hybridized carbons (Fsp3) is 0.0357. The molecule has 5 aromatic rings. The molecular formula is C28H19Cl2N3O3S. The predicted molar refractivity (Wildman–Crippen MR) is 150 cm³/mol. The summed E-state index contributed by atoms with van der Waals surface area (Å²) in [6.45, 7) is 0. The molecule has 0 saturated heterocycles. The summed E-state index contributed by atoms with van der Waals surface area (Å²) in [7, 11) is 0. The van der Waals surface area contributed by atoms with Crippen molar-refractivity contribution in [2.75, 3.05) is 16.4 Å². The van der Waals surface area contributed by atoms with Gasteiger partial charge in [0, 0.05) is 26.9 Å². The summed E-state index contributed by atoms with van der Waals surface area (Å²) < 4.78 is 5.79. The fourth-order valence-electron chi connectivity index (χ4n) is 3.57. The molecule has 0 saturated carbocycles. The lowest BCUT2D eigenvalue weighted by molar-refractivity contribution is -0.113. The van der Waals surface area contributed by atoms with Crippen molar-refractivity contribution in [3.05, 3.63) is 107 Å². The standard InChI is InChI=1S/C28H19Cl2N3O3S/c29-18-10-13-22(23(30)14-18)27(35)32-20-4-3-5-21(15-20)37-16-26(34)31-19-11-8-17(9-12-19)28-33-24-6-1-2-7-25(24)36-28/h1-15H,16H2,(H,31,34)(H,32,35). The number of benzene rings is 4. The largest absolute Gasteiger partial charge is 0.436 e. The number of nitrogens with one attached hydrogen (secondary N) is 2. The summed E-state index contributed by atoms with van der Waals surface area (Å²) in [5.41, 5.74) is 3.93. The Labute approximate surface area is 227 Å². The molecule has 0 aliphatic heterocycles. The molecule has 0 atom stereocenters. The second-order valence-electron chi connectivity index (χ2n) is 8.01. The van der Waals surface area contributed by atoms with Crippen molar-refractivity contribution in [3.63, 3.8) is 0 Å². The fourth-order valence-corrected chi connectivity index (χ4v) is 4.82. The summed E-state index contributed by atoms with van der Waals surface area (Å²) in [6, 6.07) is 26.9. The number of hydrogen-bond donors (Lipinski definition) is 2. The smallest absolute Gasteiger partial charge is 0.257 e. The van der Waals surface area contributed by atoms with Crippen molar-refractivity contribution < 1.29 is 14.0 Å². The van der Waals surface area contributed by atoms with Crippen LogP contribution in [-0.2, 0) is 4.79 Å². The molecule has 0 unspecified atom stereocenters. The van der Waals surface area contributed by atoms with E-state index in [0.29, 0.717) is 27.9 Å². The number of aromatic nitrogens is 1. The van der Waals surface area contributed by atoms with E-state index in [4.69, 9.17) is 27.6 Å². The van der Waals surface area contributed by atoms with Crippen LogP contribution in [0.3, 0.4) is 0 Å². The lowest BCUT2D eigenvalue weighted by atomic mass is 10.2. The molecule has 0 bridgehead atoms. The highest BCUT2D eigenvalue weighted by Gasteiger charge is 2.12. The number of amides is 2. The van der Waals surface area contributed by atoms with Gasteiger partial charge in [-0.25, -0.2) is 4.98 Å². The van der Waals surface area contributed by atoms with E-state index in [1.54, 1.807) is 24.3 Å². The highest BCUT2D eigenvalue weighted by atomic mass is 35.5. The number of thioether (sulfide) groups is 1. The maximum atomic E-state index is 12.6. The van der Waals surface area contributed by atoms with E-state index in [9.17, 15) is 9.59 Å². The average molecular weight is 548 g/mol. The van der Waals surface area contributed by atoms with Crippen LogP contribution in [0.1, 0.15) is 10.4 Å². The Bertz CT molecular complexity index is 1570. The normalized spacial score (nSPS) is 10.9. The van der Waals surface area contributed by atoms with Crippen LogP contribution >= 0.6 is 35.0 Å². The molecule has 9 heteroatoms. The number of carbonyl (C=O) groups excluding carboxylic acids is 2. The summed E-state index contributed by atoms with van der Waals surface area (Å²) in [4.78, 5) is 30.4. The van der Waals surface area contributed by atoms with Crippen molar-refractivity contribution in [3.8, 4) is 11.5 Å². The van der Waals surface area contributed by atoms with Gasteiger partial charge in [0.15, 0.2) is 5.58 Å². The van der Waals surface area contributed by atoms with Crippen LogP contribution in [0.15, 0.2) is 100 Å². The van der Waals surface area contributed by atoms with E-state index in [0.717, 1.165) is 21.6 Å². The van der Waals surface area contributed by atoms with E-state index in [1.807, 2.05) is 60.7 Å². The SMILES string of the molecule is O=C(CSc1cccc(NC(=O)c2ccc(Cl)cc2Cl)c1)Nc1ccc(-c2nc3ccccc3o2)cc1. The van der Waals surface area contributed by atoms with Gasteiger partial charge in [-0.2, -0.15) is 0 Å². The van der Waals surface area contributed by atoms with Crippen molar-refractivity contribution in [1.29, 1.82) is 0 Å². The molecule has 2 N–H and O–H groups in total. The first kappa shape index (κ1) is 24.9. The predicted octanol–water partition coefficient (Wildman–Crippen LogP) is 7.78. The minimum atomic E-state index is -0.345. The van der Waals surface area contributed by atoms with E-state index in [2.05, 4.69) is 15.6 Å². The molecule has 184 valence electrons. The van der Waals surface area contributed by atoms with Gasteiger partial charge in [-0.15, -0.1) is 11.8 Å². The van der Waals surface area contributed by atoms with Crippen molar-refractivity contribution in [2.45, 2.75) is 4.90 Å². The van der Waals surface area contributed by atoms with E-state index in [1.165, 1.54) is 17.8 Å². The molecule has 2 amide bonds. The molecule has 0 fully saturated rings. The van der Waals surface area contributed by atoms with Crippen LogP contribution < -0.4 is 10.6 Å². The Morgan fingerprint density at radius 2 is 1.65 bits per heavy atom. The monoisotopic (exact) mass is 547 g/mol. The maximum absolute atomic E-state index is 12.6. The van der Waals surface area contributed by atoms with Crippen molar-refractivity contribution in [2.24, 2.45) is 0 Å². The Kier molecular flexibility index (Phi) is 7.46. The number of para-hydroxylation sites is 2.